The van der Waals surface area contributed by atoms with Crippen molar-refractivity contribution in [3.63, 3.8) is 0 Å². The molecular weight excluding hydrogens is 464 g/mol. The van der Waals surface area contributed by atoms with E-state index in [0.29, 0.717) is 17.8 Å². The Morgan fingerprint density at radius 2 is 1.62 bits per heavy atom. The summed E-state index contributed by atoms with van der Waals surface area (Å²) in [4.78, 5) is 44.8. The molecule has 1 fully saturated rings. The van der Waals surface area contributed by atoms with Gasteiger partial charge in [0.1, 0.15) is 16.9 Å². The van der Waals surface area contributed by atoms with Crippen LogP contribution < -0.4 is 5.32 Å². The van der Waals surface area contributed by atoms with E-state index in [0.717, 1.165) is 23.1 Å². The molecule has 6 nitrogen and oxygen atoms in total. The molecule has 4 atom stereocenters. The highest BCUT2D eigenvalue weighted by Crippen LogP contribution is 2.61. The van der Waals surface area contributed by atoms with Gasteiger partial charge in [-0.05, 0) is 49.9 Å². The van der Waals surface area contributed by atoms with Crippen molar-refractivity contribution in [3.05, 3.63) is 101 Å². The third-order valence-electron chi connectivity index (χ3n) is 7.90. The molecule has 6 rings (SSSR count). The quantitative estimate of drug-likeness (QED) is 0.422. The van der Waals surface area contributed by atoms with Crippen molar-refractivity contribution in [2.75, 3.05) is 11.9 Å². The number of carbonyl (C=O) groups excluding carboxylic acids is 3. The van der Waals surface area contributed by atoms with Crippen LogP contribution in [0.2, 0.25) is 0 Å². The number of hydrogen-bond donors (Lipinski definition) is 1. The number of para-hydroxylation sites is 1. The van der Waals surface area contributed by atoms with Gasteiger partial charge in [-0.15, -0.1) is 0 Å². The Kier molecular flexibility index (Phi) is 5.35. The van der Waals surface area contributed by atoms with E-state index >= 15 is 0 Å². The number of hydrogen-bond acceptors (Lipinski definition) is 5. The van der Waals surface area contributed by atoms with E-state index in [1.54, 1.807) is 12.1 Å². The van der Waals surface area contributed by atoms with Gasteiger partial charge in [0.25, 0.3) is 0 Å². The summed E-state index contributed by atoms with van der Waals surface area (Å²) in [5, 5.41) is 3.06. The van der Waals surface area contributed by atoms with E-state index in [1.807, 2.05) is 81.4 Å². The molecule has 0 aromatic heterocycles. The van der Waals surface area contributed by atoms with Crippen LogP contribution in [0.25, 0.3) is 0 Å². The molecule has 1 spiro atoms. The lowest BCUT2D eigenvalue weighted by molar-refractivity contribution is -0.163. The Balaban J connectivity index is 1.65. The van der Waals surface area contributed by atoms with E-state index in [1.165, 1.54) is 0 Å². The SMILES string of the molecule is CC(C)(C)OC(=O)[C@H]1[C@@H](C(=O)c2ccccc2)N2CCc3ccccc3[C@@H]2[C@]12C(=O)Nc1ccccc12. The minimum atomic E-state index is -1.31. The molecule has 0 unspecified atom stereocenters. The molecule has 3 aliphatic heterocycles. The fourth-order valence-corrected chi connectivity index (χ4v) is 6.64. The van der Waals surface area contributed by atoms with Crippen LogP contribution in [-0.2, 0) is 26.2 Å². The van der Waals surface area contributed by atoms with Crippen LogP contribution in [0.1, 0.15) is 53.9 Å². The summed E-state index contributed by atoms with van der Waals surface area (Å²) in [6.07, 6.45) is 0.728. The van der Waals surface area contributed by atoms with Gasteiger partial charge >= 0.3 is 5.97 Å². The molecule has 37 heavy (non-hydrogen) atoms. The second-order valence-corrected chi connectivity index (χ2v) is 11.1. The Labute approximate surface area is 216 Å². The number of ether oxygens (including phenoxy) is 1. The van der Waals surface area contributed by atoms with Gasteiger partial charge in [0.2, 0.25) is 5.91 Å². The molecular formula is C31H30N2O4. The molecule has 3 heterocycles. The lowest BCUT2D eigenvalue weighted by atomic mass is 9.64. The number of benzene rings is 3. The van der Waals surface area contributed by atoms with Gasteiger partial charge in [0.05, 0.1) is 12.1 Å². The maximum atomic E-state index is 14.3. The number of rotatable bonds is 3. The van der Waals surface area contributed by atoms with Crippen LogP contribution in [0.3, 0.4) is 0 Å². The first-order valence-electron chi connectivity index (χ1n) is 12.8. The molecule has 3 aromatic rings. The minimum Gasteiger partial charge on any atom is -0.460 e. The average molecular weight is 495 g/mol. The number of esters is 1. The molecule has 6 heteroatoms. The van der Waals surface area contributed by atoms with Crippen LogP contribution in [-0.4, -0.2) is 40.7 Å². The van der Waals surface area contributed by atoms with Gasteiger partial charge in [-0.3, -0.25) is 19.3 Å². The van der Waals surface area contributed by atoms with E-state index in [9.17, 15) is 14.4 Å². The number of nitrogens with one attached hydrogen (secondary N) is 1. The summed E-state index contributed by atoms with van der Waals surface area (Å²) in [5.74, 6) is -1.99. The maximum absolute atomic E-state index is 14.3. The Hall–Kier alpha value is -3.77. The van der Waals surface area contributed by atoms with Crippen LogP contribution in [0.15, 0.2) is 78.9 Å². The number of anilines is 1. The molecule has 1 N–H and O–H groups in total. The topological polar surface area (TPSA) is 75.7 Å². The van der Waals surface area contributed by atoms with Crippen LogP contribution >= 0.6 is 0 Å². The largest absolute Gasteiger partial charge is 0.460 e. The summed E-state index contributed by atoms with van der Waals surface area (Å²) in [6.45, 7) is 5.99. The molecule has 0 saturated carbocycles. The summed E-state index contributed by atoms with van der Waals surface area (Å²) in [7, 11) is 0. The van der Waals surface area contributed by atoms with E-state index < -0.39 is 35.0 Å². The summed E-state index contributed by atoms with van der Waals surface area (Å²) >= 11 is 0. The Morgan fingerprint density at radius 1 is 0.946 bits per heavy atom. The molecule has 0 aliphatic carbocycles. The van der Waals surface area contributed by atoms with Crippen molar-refractivity contribution in [1.82, 2.24) is 4.90 Å². The van der Waals surface area contributed by atoms with Gasteiger partial charge in [-0.2, -0.15) is 0 Å². The molecule has 0 radical (unpaired) electrons. The first kappa shape index (κ1) is 23.6. The number of nitrogens with zero attached hydrogens (tertiary/aromatic N) is 1. The zero-order valence-corrected chi connectivity index (χ0v) is 21.2. The molecule has 1 amide bonds. The zero-order chi connectivity index (χ0) is 25.9. The Morgan fingerprint density at radius 3 is 2.38 bits per heavy atom. The number of Topliss-reactive ketones (excluding diaryl/α,β-unsaturated/α-hetero) is 1. The molecule has 0 bridgehead atoms. The van der Waals surface area contributed by atoms with E-state index in [4.69, 9.17) is 4.74 Å². The third-order valence-corrected chi connectivity index (χ3v) is 7.90. The minimum absolute atomic E-state index is 0.171. The number of carbonyl (C=O) groups is 3. The van der Waals surface area contributed by atoms with E-state index in [-0.39, 0.29) is 11.7 Å². The third kappa shape index (κ3) is 3.46. The normalized spacial score (nSPS) is 26.2. The van der Waals surface area contributed by atoms with Crippen molar-refractivity contribution in [2.24, 2.45) is 5.92 Å². The summed E-state index contributed by atoms with van der Waals surface area (Å²) in [5.41, 5.74) is 1.96. The van der Waals surface area contributed by atoms with Crippen LogP contribution in [0, 0.1) is 5.92 Å². The average Bonchev–Trinajstić information content (AvgIpc) is 3.36. The number of fused-ring (bicyclic) bond motifs is 6. The number of amides is 1. The molecule has 1 saturated heterocycles. The van der Waals surface area contributed by atoms with Crippen molar-refractivity contribution in [1.29, 1.82) is 0 Å². The fourth-order valence-electron chi connectivity index (χ4n) is 6.64. The lowest BCUT2D eigenvalue weighted by Crippen LogP contribution is -2.50. The first-order chi connectivity index (χ1) is 17.7. The zero-order valence-electron chi connectivity index (χ0n) is 21.2. The van der Waals surface area contributed by atoms with Gasteiger partial charge < -0.3 is 10.1 Å². The highest BCUT2D eigenvalue weighted by molar-refractivity contribution is 6.13. The second-order valence-electron chi connectivity index (χ2n) is 11.1. The Bertz CT molecular complexity index is 1410. The maximum Gasteiger partial charge on any atom is 0.313 e. The predicted octanol–water partition coefficient (Wildman–Crippen LogP) is 4.70. The van der Waals surface area contributed by atoms with Gasteiger partial charge in [-0.25, -0.2) is 0 Å². The van der Waals surface area contributed by atoms with Crippen LogP contribution in [0.4, 0.5) is 5.69 Å². The van der Waals surface area contributed by atoms with Crippen molar-refractivity contribution < 1.29 is 19.1 Å². The molecule has 3 aromatic carbocycles. The van der Waals surface area contributed by atoms with Crippen molar-refractivity contribution >= 4 is 23.3 Å². The highest BCUT2D eigenvalue weighted by Gasteiger charge is 2.72. The molecule has 3 aliphatic rings. The van der Waals surface area contributed by atoms with Gasteiger partial charge in [0.15, 0.2) is 5.78 Å². The summed E-state index contributed by atoms with van der Waals surface area (Å²) in [6, 6.07) is 23.3. The number of ketones is 1. The van der Waals surface area contributed by atoms with Crippen molar-refractivity contribution in [3.8, 4) is 0 Å². The predicted molar refractivity (Wildman–Crippen MR) is 140 cm³/mol. The summed E-state index contributed by atoms with van der Waals surface area (Å²) < 4.78 is 5.98. The highest BCUT2D eigenvalue weighted by atomic mass is 16.6. The van der Waals surface area contributed by atoms with Crippen molar-refractivity contribution in [2.45, 2.75) is 50.3 Å². The fraction of sp³-hybridized carbons (Fsp3) is 0.323. The van der Waals surface area contributed by atoms with Gasteiger partial charge in [-0.1, -0.05) is 72.8 Å². The second kappa shape index (κ2) is 8.38. The smallest absolute Gasteiger partial charge is 0.313 e. The van der Waals surface area contributed by atoms with Gasteiger partial charge in [0, 0.05) is 17.8 Å². The molecule has 188 valence electrons. The standard InChI is InChI=1S/C31H30N2O4/c1-30(2,3)37-28(35)24-25(26(34)20-12-5-4-6-13-20)33-18-17-19-11-7-8-14-21(19)27(33)31(24)22-15-9-10-16-23(22)32-29(31)36/h4-16,24-25,27H,17-18H2,1-3H3,(H,32,36)/t24-,25+,27-,31-/m1/s1. The lowest BCUT2D eigenvalue weighted by Gasteiger charge is -2.40. The first-order valence-corrected chi connectivity index (χ1v) is 12.8. The van der Waals surface area contributed by atoms with E-state index in [2.05, 4.69) is 16.3 Å². The monoisotopic (exact) mass is 494 g/mol. The van der Waals surface area contributed by atoms with Crippen LogP contribution in [0.5, 0.6) is 0 Å².